The Morgan fingerprint density at radius 2 is 2.12 bits per heavy atom. The molecule has 0 aliphatic carbocycles. The molecule has 4 heterocycles. The second-order valence-electron chi connectivity index (χ2n) is 9.21. The summed E-state index contributed by atoms with van der Waals surface area (Å²) in [6, 6.07) is 5.20. The van der Waals surface area contributed by atoms with E-state index in [0.717, 1.165) is 31.4 Å². The number of alkyl halides is 2. The van der Waals surface area contributed by atoms with E-state index in [2.05, 4.69) is 28.4 Å². The van der Waals surface area contributed by atoms with E-state index in [1.165, 1.54) is 22.1 Å². The van der Waals surface area contributed by atoms with Gasteiger partial charge in [0.1, 0.15) is 24.2 Å². The largest absolute Gasteiger partial charge is 0.490 e. The number of carbonyl (C=O) groups is 1. The molecule has 1 amide bonds. The number of benzene rings is 1. The molecule has 1 fully saturated rings. The summed E-state index contributed by atoms with van der Waals surface area (Å²) in [7, 11) is 0. The first-order valence-corrected chi connectivity index (χ1v) is 11.5. The highest BCUT2D eigenvalue weighted by Gasteiger charge is 2.38. The number of amides is 1. The Morgan fingerprint density at radius 1 is 1.31 bits per heavy atom. The van der Waals surface area contributed by atoms with Crippen molar-refractivity contribution in [1.29, 1.82) is 0 Å². The van der Waals surface area contributed by atoms with Crippen molar-refractivity contribution in [2.75, 3.05) is 18.4 Å². The smallest absolute Gasteiger partial charge is 0.260 e. The molecule has 1 aromatic carbocycles. The first-order valence-electron chi connectivity index (χ1n) is 11.5. The molecule has 3 aliphatic heterocycles. The SMILES string of the molecule is C[C@@H]1Cc2cc(CCC(=O)N3CCC([C@@H]4C[C@H](C(F)F)n5ncnc5N4)CC3)ccc2O1. The van der Waals surface area contributed by atoms with E-state index in [-0.39, 0.29) is 24.0 Å². The van der Waals surface area contributed by atoms with E-state index < -0.39 is 12.5 Å². The second-order valence-corrected chi connectivity index (χ2v) is 9.21. The molecule has 1 aromatic heterocycles. The van der Waals surface area contributed by atoms with Crippen LogP contribution in [0.2, 0.25) is 0 Å². The summed E-state index contributed by atoms with van der Waals surface area (Å²) in [6.07, 6.45) is 3.12. The summed E-state index contributed by atoms with van der Waals surface area (Å²) in [6.45, 7) is 3.40. The van der Waals surface area contributed by atoms with E-state index >= 15 is 0 Å². The maximum Gasteiger partial charge on any atom is 0.260 e. The van der Waals surface area contributed by atoms with Crippen LogP contribution in [0.5, 0.6) is 5.75 Å². The molecule has 0 radical (unpaired) electrons. The Labute approximate surface area is 186 Å². The Bertz CT molecular complexity index is 973. The average Bonchev–Trinajstić information content (AvgIpc) is 3.41. The van der Waals surface area contributed by atoms with Crippen molar-refractivity contribution in [3.8, 4) is 5.75 Å². The van der Waals surface area contributed by atoms with Gasteiger partial charge in [-0.2, -0.15) is 10.1 Å². The maximum absolute atomic E-state index is 13.5. The minimum absolute atomic E-state index is 0.0704. The van der Waals surface area contributed by atoms with Gasteiger partial charge in [0.15, 0.2) is 0 Å². The predicted octanol–water partition coefficient (Wildman–Crippen LogP) is 3.46. The first kappa shape index (κ1) is 21.2. The zero-order valence-corrected chi connectivity index (χ0v) is 18.2. The van der Waals surface area contributed by atoms with Gasteiger partial charge in [-0.3, -0.25) is 4.79 Å². The van der Waals surface area contributed by atoms with Gasteiger partial charge in [0.05, 0.1) is 0 Å². The van der Waals surface area contributed by atoms with Crippen LogP contribution < -0.4 is 10.1 Å². The van der Waals surface area contributed by atoms with Crippen molar-refractivity contribution in [1.82, 2.24) is 19.7 Å². The van der Waals surface area contributed by atoms with Crippen LogP contribution in [0.25, 0.3) is 0 Å². The van der Waals surface area contributed by atoms with Gasteiger partial charge in [-0.25, -0.2) is 13.5 Å². The third-order valence-corrected chi connectivity index (χ3v) is 7.04. The molecule has 3 atom stereocenters. The third kappa shape index (κ3) is 4.17. The fourth-order valence-corrected chi connectivity index (χ4v) is 5.29. The van der Waals surface area contributed by atoms with Crippen molar-refractivity contribution in [2.45, 2.75) is 70.1 Å². The van der Waals surface area contributed by atoms with Crippen LogP contribution in [0.1, 0.15) is 49.8 Å². The second kappa shape index (κ2) is 8.67. The van der Waals surface area contributed by atoms with Crippen molar-refractivity contribution < 1.29 is 18.3 Å². The van der Waals surface area contributed by atoms with Crippen LogP contribution >= 0.6 is 0 Å². The molecule has 1 saturated heterocycles. The van der Waals surface area contributed by atoms with Crippen LogP contribution in [0.15, 0.2) is 24.5 Å². The number of nitrogens with zero attached hydrogens (tertiary/aromatic N) is 4. The first-order chi connectivity index (χ1) is 15.5. The molecule has 0 saturated carbocycles. The molecule has 5 rings (SSSR count). The lowest BCUT2D eigenvalue weighted by atomic mass is 9.85. The summed E-state index contributed by atoms with van der Waals surface area (Å²) in [5.41, 5.74) is 2.39. The lowest BCUT2D eigenvalue weighted by Gasteiger charge is -2.40. The van der Waals surface area contributed by atoms with Crippen molar-refractivity contribution in [3.05, 3.63) is 35.7 Å². The van der Waals surface area contributed by atoms with Gasteiger partial charge in [-0.1, -0.05) is 12.1 Å². The molecule has 0 bridgehead atoms. The predicted molar refractivity (Wildman–Crippen MR) is 115 cm³/mol. The number of aromatic nitrogens is 3. The van der Waals surface area contributed by atoms with Gasteiger partial charge in [-0.05, 0) is 55.7 Å². The van der Waals surface area contributed by atoms with Crippen molar-refractivity contribution >= 4 is 11.9 Å². The van der Waals surface area contributed by atoms with Gasteiger partial charge >= 0.3 is 0 Å². The summed E-state index contributed by atoms with van der Waals surface area (Å²) >= 11 is 0. The van der Waals surface area contributed by atoms with Crippen LogP contribution in [0.4, 0.5) is 14.7 Å². The Balaban J connectivity index is 1.13. The number of likely N-dealkylation sites (tertiary alicyclic amines) is 1. The van der Waals surface area contributed by atoms with E-state index in [1.807, 2.05) is 17.0 Å². The van der Waals surface area contributed by atoms with E-state index in [1.54, 1.807) is 0 Å². The molecule has 172 valence electrons. The standard InChI is InChI=1S/C23H29F2N5O2/c1-14-10-17-11-15(2-4-20(17)32-14)3-5-21(31)29-8-6-16(7-9-29)18-12-19(22(24)25)30-23(28-18)26-13-27-30/h2,4,11,13-14,16,18-19,22H,3,5-10,12H2,1H3,(H,26,27,28)/t14-,18+,19-/m1/s1. The molecular formula is C23H29F2N5O2. The number of halogens is 2. The highest BCUT2D eigenvalue weighted by atomic mass is 19.3. The normalized spacial score (nSPS) is 25.2. The molecule has 32 heavy (non-hydrogen) atoms. The number of aryl methyl sites for hydroxylation is 1. The Kier molecular flexibility index (Phi) is 5.73. The molecule has 0 unspecified atom stereocenters. The van der Waals surface area contributed by atoms with Gasteiger partial charge in [-0.15, -0.1) is 0 Å². The highest BCUT2D eigenvalue weighted by molar-refractivity contribution is 5.76. The number of ether oxygens (including phenoxy) is 1. The summed E-state index contributed by atoms with van der Waals surface area (Å²) < 4.78 is 34.1. The lowest BCUT2D eigenvalue weighted by Crippen LogP contribution is -2.46. The molecule has 0 spiro atoms. The maximum atomic E-state index is 13.5. The average molecular weight is 446 g/mol. The molecule has 1 N–H and O–H groups in total. The topological polar surface area (TPSA) is 72.3 Å². The minimum atomic E-state index is -2.48. The van der Waals surface area contributed by atoms with E-state index in [0.29, 0.717) is 31.9 Å². The van der Waals surface area contributed by atoms with E-state index in [9.17, 15) is 13.6 Å². The van der Waals surface area contributed by atoms with Crippen LogP contribution in [0, 0.1) is 5.92 Å². The zero-order valence-electron chi connectivity index (χ0n) is 18.2. The minimum Gasteiger partial charge on any atom is -0.490 e. The lowest BCUT2D eigenvalue weighted by molar-refractivity contribution is -0.132. The molecule has 9 heteroatoms. The highest BCUT2D eigenvalue weighted by Crippen LogP contribution is 2.35. The molecule has 2 aromatic rings. The molecular weight excluding hydrogens is 416 g/mol. The number of fused-ring (bicyclic) bond motifs is 2. The number of nitrogens with one attached hydrogen (secondary N) is 1. The summed E-state index contributed by atoms with van der Waals surface area (Å²) in [4.78, 5) is 18.8. The van der Waals surface area contributed by atoms with Crippen molar-refractivity contribution in [2.24, 2.45) is 5.92 Å². The van der Waals surface area contributed by atoms with Gasteiger partial charge in [0.25, 0.3) is 6.43 Å². The number of piperidine rings is 1. The van der Waals surface area contributed by atoms with E-state index in [4.69, 9.17) is 4.74 Å². The summed E-state index contributed by atoms with van der Waals surface area (Å²) in [5.74, 6) is 1.78. The Morgan fingerprint density at radius 3 is 2.91 bits per heavy atom. The molecule has 7 nitrogen and oxygen atoms in total. The van der Waals surface area contributed by atoms with Crippen molar-refractivity contribution in [3.63, 3.8) is 0 Å². The van der Waals surface area contributed by atoms with Crippen LogP contribution in [-0.4, -0.2) is 57.2 Å². The number of hydrogen-bond acceptors (Lipinski definition) is 5. The quantitative estimate of drug-likeness (QED) is 0.763. The monoisotopic (exact) mass is 445 g/mol. The number of carbonyl (C=O) groups excluding carboxylic acids is 1. The number of anilines is 1. The fourth-order valence-electron chi connectivity index (χ4n) is 5.29. The van der Waals surface area contributed by atoms with Crippen LogP contribution in [-0.2, 0) is 17.6 Å². The fraction of sp³-hybridized carbons (Fsp3) is 0.609. The zero-order chi connectivity index (χ0) is 22.2. The Hall–Kier alpha value is -2.71. The third-order valence-electron chi connectivity index (χ3n) is 7.04. The number of hydrogen-bond donors (Lipinski definition) is 1. The van der Waals surface area contributed by atoms with Gasteiger partial charge in [0.2, 0.25) is 11.9 Å². The van der Waals surface area contributed by atoms with Gasteiger partial charge in [0, 0.05) is 32.0 Å². The van der Waals surface area contributed by atoms with Gasteiger partial charge < -0.3 is 15.0 Å². The number of rotatable bonds is 5. The molecule has 3 aliphatic rings. The summed E-state index contributed by atoms with van der Waals surface area (Å²) in [5, 5.41) is 7.23. The van der Waals surface area contributed by atoms with Crippen LogP contribution in [0.3, 0.4) is 0 Å².